The summed E-state index contributed by atoms with van der Waals surface area (Å²) in [6, 6.07) is 9.25. The van der Waals surface area contributed by atoms with Crippen LogP contribution in [0.2, 0.25) is 5.02 Å². The van der Waals surface area contributed by atoms with Gasteiger partial charge in [-0.25, -0.2) is 17.8 Å². The number of aliphatic hydroxyl groups is 1. The van der Waals surface area contributed by atoms with Crippen LogP contribution >= 0.6 is 11.6 Å². The Balaban J connectivity index is 1.73. The molecule has 13 heteroatoms. The van der Waals surface area contributed by atoms with E-state index < -0.39 is 28.4 Å². The van der Waals surface area contributed by atoms with Crippen molar-refractivity contribution in [2.24, 2.45) is 5.92 Å². The number of benzene rings is 2. The number of carbonyl (C=O) groups excluding carboxylic acids is 1. The van der Waals surface area contributed by atoms with Gasteiger partial charge in [-0.05, 0) is 42.0 Å². The molecule has 0 bridgehead atoms. The topological polar surface area (TPSA) is 143 Å². The van der Waals surface area contributed by atoms with Crippen LogP contribution in [0.5, 0.6) is 0 Å². The molecule has 3 N–H and O–H groups in total. The first-order valence-corrected chi connectivity index (χ1v) is 13.2. The minimum absolute atomic E-state index is 0.0199. The van der Waals surface area contributed by atoms with Crippen molar-refractivity contribution in [1.29, 1.82) is 0 Å². The van der Waals surface area contributed by atoms with Gasteiger partial charge in [0, 0.05) is 25.4 Å². The van der Waals surface area contributed by atoms with Gasteiger partial charge in [0.25, 0.3) is 15.6 Å². The minimum atomic E-state index is -4.26. The molecule has 38 heavy (non-hydrogen) atoms. The van der Waals surface area contributed by atoms with Gasteiger partial charge in [0.15, 0.2) is 0 Å². The molecule has 10 nitrogen and oxygen atoms in total. The number of rotatable bonds is 8. The summed E-state index contributed by atoms with van der Waals surface area (Å²) in [5, 5.41) is 12.3. The van der Waals surface area contributed by atoms with Crippen LogP contribution in [0.4, 0.5) is 10.1 Å². The summed E-state index contributed by atoms with van der Waals surface area (Å²) in [7, 11) is -2.74. The predicted octanol–water partition coefficient (Wildman–Crippen LogP) is 2.93. The first-order valence-electron chi connectivity index (χ1n) is 11.3. The van der Waals surface area contributed by atoms with Gasteiger partial charge in [-0.3, -0.25) is 23.9 Å². The van der Waals surface area contributed by atoms with Crippen molar-refractivity contribution < 1.29 is 22.7 Å². The molecule has 1 amide bonds. The van der Waals surface area contributed by atoms with Gasteiger partial charge in [-0.1, -0.05) is 24.6 Å². The van der Waals surface area contributed by atoms with Crippen LogP contribution in [0.25, 0.3) is 22.0 Å². The standard InChI is InChI=1S/C25H23ClFN5O5S/c1-14(24(34)28-2)11-32-13-30-20-5-3-15(7-18(20)25(32)35)16-8-21(22(12-33)29-10-16)31-38(36,37)23-6-4-17(27)9-19(23)26/h3-10,13-14,31,33H,11-12H2,1-2H3,(H,28,34). The molecular formula is C25H23ClFN5O5S. The number of hydrogen-bond acceptors (Lipinski definition) is 7. The van der Waals surface area contributed by atoms with E-state index >= 15 is 0 Å². The maximum atomic E-state index is 13.4. The molecule has 0 spiro atoms. The highest BCUT2D eigenvalue weighted by Crippen LogP contribution is 2.29. The Kier molecular flexibility index (Phi) is 7.76. The van der Waals surface area contributed by atoms with E-state index in [2.05, 4.69) is 20.0 Å². The van der Waals surface area contributed by atoms with E-state index in [1.54, 1.807) is 25.1 Å². The van der Waals surface area contributed by atoms with Crippen LogP contribution in [0.3, 0.4) is 0 Å². The Morgan fingerprint density at radius 2 is 1.92 bits per heavy atom. The van der Waals surface area contributed by atoms with E-state index in [0.29, 0.717) is 22.0 Å². The van der Waals surface area contributed by atoms with E-state index in [1.807, 2.05) is 0 Å². The van der Waals surface area contributed by atoms with Gasteiger partial charge in [-0.2, -0.15) is 0 Å². The molecule has 0 saturated heterocycles. The lowest BCUT2D eigenvalue weighted by atomic mass is 10.0. The lowest BCUT2D eigenvalue weighted by Gasteiger charge is -2.14. The highest BCUT2D eigenvalue weighted by molar-refractivity contribution is 7.92. The number of halogens is 2. The fourth-order valence-electron chi connectivity index (χ4n) is 3.85. The maximum Gasteiger partial charge on any atom is 0.263 e. The number of sulfonamides is 1. The first kappa shape index (κ1) is 27.2. The van der Waals surface area contributed by atoms with E-state index in [-0.39, 0.29) is 39.3 Å². The second-order valence-corrected chi connectivity index (χ2v) is 10.6. The Bertz CT molecular complexity index is 1710. The molecule has 0 aliphatic rings. The number of nitrogens with zero attached hydrogens (tertiary/aromatic N) is 3. The molecular weight excluding hydrogens is 537 g/mol. The largest absolute Gasteiger partial charge is 0.390 e. The number of aromatic nitrogens is 3. The third-order valence-electron chi connectivity index (χ3n) is 5.87. The zero-order valence-corrected chi connectivity index (χ0v) is 21.8. The summed E-state index contributed by atoms with van der Waals surface area (Å²) in [6.45, 7) is 1.27. The van der Waals surface area contributed by atoms with E-state index in [1.165, 1.54) is 30.2 Å². The average molecular weight is 560 g/mol. The summed E-state index contributed by atoms with van der Waals surface area (Å²) in [4.78, 5) is 33.2. The van der Waals surface area contributed by atoms with E-state index in [0.717, 1.165) is 18.2 Å². The molecule has 0 radical (unpaired) electrons. The van der Waals surface area contributed by atoms with Crippen molar-refractivity contribution in [3.8, 4) is 11.1 Å². The summed E-state index contributed by atoms with van der Waals surface area (Å²) in [6.07, 6.45) is 2.81. The van der Waals surface area contributed by atoms with Crippen LogP contribution in [-0.2, 0) is 28.0 Å². The summed E-state index contributed by atoms with van der Waals surface area (Å²) in [5.74, 6) is -1.36. The fourth-order valence-corrected chi connectivity index (χ4v) is 5.46. The van der Waals surface area contributed by atoms with Crippen molar-refractivity contribution in [2.75, 3.05) is 11.8 Å². The lowest BCUT2D eigenvalue weighted by Crippen LogP contribution is -2.32. The molecule has 4 rings (SSSR count). The molecule has 198 valence electrons. The minimum Gasteiger partial charge on any atom is -0.390 e. The average Bonchev–Trinajstić information content (AvgIpc) is 2.89. The van der Waals surface area contributed by atoms with Crippen molar-refractivity contribution in [1.82, 2.24) is 19.9 Å². The number of amides is 1. The molecule has 0 aliphatic heterocycles. The Morgan fingerprint density at radius 1 is 1.16 bits per heavy atom. The molecule has 0 fully saturated rings. The quantitative estimate of drug-likeness (QED) is 0.301. The van der Waals surface area contributed by atoms with Crippen LogP contribution < -0.4 is 15.6 Å². The second-order valence-electron chi connectivity index (χ2n) is 8.51. The zero-order valence-electron chi connectivity index (χ0n) is 20.3. The Hall–Kier alpha value is -3.87. The van der Waals surface area contributed by atoms with Crippen molar-refractivity contribution in [3.63, 3.8) is 0 Å². The van der Waals surface area contributed by atoms with Crippen LogP contribution in [-0.4, -0.2) is 41.0 Å². The van der Waals surface area contributed by atoms with Gasteiger partial charge in [-0.15, -0.1) is 0 Å². The molecule has 0 aliphatic carbocycles. The van der Waals surface area contributed by atoms with Crippen LogP contribution in [0.15, 0.2) is 64.7 Å². The summed E-state index contributed by atoms with van der Waals surface area (Å²) < 4.78 is 43.0. The molecule has 2 aromatic carbocycles. The molecule has 2 aromatic heterocycles. The number of carbonyl (C=O) groups is 1. The normalized spacial score (nSPS) is 12.3. The molecule has 1 atom stereocenters. The smallest absolute Gasteiger partial charge is 0.263 e. The second kappa shape index (κ2) is 10.9. The van der Waals surface area contributed by atoms with Crippen LogP contribution in [0.1, 0.15) is 12.6 Å². The molecule has 4 aromatic rings. The van der Waals surface area contributed by atoms with Gasteiger partial charge < -0.3 is 10.4 Å². The maximum absolute atomic E-state index is 13.4. The SMILES string of the molecule is CNC(=O)C(C)Cn1cnc2ccc(-c3cnc(CO)c(NS(=O)(=O)c4ccc(F)cc4Cl)c3)cc2c1=O. The zero-order chi connectivity index (χ0) is 27.6. The predicted molar refractivity (Wildman–Crippen MR) is 141 cm³/mol. The fraction of sp³-hybridized carbons (Fsp3) is 0.200. The highest BCUT2D eigenvalue weighted by Gasteiger charge is 2.21. The third-order valence-corrected chi connectivity index (χ3v) is 7.72. The van der Waals surface area contributed by atoms with Gasteiger partial charge in [0.2, 0.25) is 5.91 Å². The van der Waals surface area contributed by atoms with Crippen molar-refractivity contribution >= 4 is 44.1 Å². The van der Waals surface area contributed by atoms with Gasteiger partial charge in [0.05, 0.1) is 46.2 Å². The number of nitrogens with one attached hydrogen (secondary N) is 2. The number of pyridine rings is 1. The van der Waals surface area contributed by atoms with Gasteiger partial charge >= 0.3 is 0 Å². The lowest BCUT2D eigenvalue weighted by molar-refractivity contribution is -0.124. The van der Waals surface area contributed by atoms with E-state index in [9.17, 15) is 27.5 Å². The number of anilines is 1. The summed E-state index contributed by atoms with van der Waals surface area (Å²) in [5.41, 5.74) is 1.09. The summed E-state index contributed by atoms with van der Waals surface area (Å²) >= 11 is 5.94. The number of hydrogen-bond donors (Lipinski definition) is 3. The van der Waals surface area contributed by atoms with Crippen molar-refractivity contribution in [2.45, 2.75) is 25.0 Å². The molecule has 1 unspecified atom stereocenters. The Morgan fingerprint density at radius 3 is 2.61 bits per heavy atom. The molecule has 0 saturated carbocycles. The molecule has 2 heterocycles. The number of fused-ring (bicyclic) bond motifs is 1. The highest BCUT2D eigenvalue weighted by atomic mass is 35.5. The van der Waals surface area contributed by atoms with Gasteiger partial charge in [0.1, 0.15) is 10.7 Å². The third kappa shape index (κ3) is 5.52. The first-order chi connectivity index (χ1) is 18.0. The van der Waals surface area contributed by atoms with Crippen LogP contribution in [0, 0.1) is 11.7 Å². The van der Waals surface area contributed by atoms with Crippen molar-refractivity contribution in [3.05, 3.63) is 81.9 Å². The monoisotopic (exact) mass is 559 g/mol. The number of aliphatic hydroxyl groups excluding tert-OH is 1. The van der Waals surface area contributed by atoms with E-state index in [4.69, 9.17) is 11.6 Å². The Labute approximate surface area is 222 Å².